The van der Waals surface area contributed by atoms with Crippen LogP contribution < -0.4 is 5.73 Å². The first kappa shape index (κ1) is 15.2. The Bertz CT molecular complexity index is 496. The molecule has 0 aliphatic carbocycles. The number of hydrogen-bond donors (Lipinski definition) is 1. The number of thiophene rings is 1. The zero-order chi connectivity index (χ0) is 14.5. The summed E-state index contributed by atoms with van der Waals surface area (Å²) in [4.78, 5) is 8.00. The Hall–Kier alpha value is -1.23. The smallest absolute Gasteiger partial charge is 0.0511 e. The van der Waals surface area contributed by atoms with Gasteiger partial charge in [0, 0.05) is 29.4 Å². The summed E-state index contributed by atoms with van der Waals surface area (Å²) in [6, 6.07) is 9.08. The van der Waals surface area contributed by atoms with E-state index >= 15 is 0 Å². The maximum atomic E-state index is 6.21. The standard InChI is InChI=1S/C16H23N3S/c1-12(10-15-7-5-9-20-15)19(3)16(13(2)17)14-6-4-8-18-11-14/h4-9,11-13,16H,10,17H2,1-3H3. The van der Waals surface area contributed by atoms with Crippen molar-refractivity contribution in [3.8, 4) is 0 Å². The average molecular weight is 289 g/mol. The van der Waals surface area contributed by atoms with E-state index < -0.39 is 0 Å². The van der Waals surface area contributed by atoms with E-state index in [0.717, 1.165) is 6.42 Å². The first-order chi connectivity index (χ1) is 9.59. The quantitative estimate of drug-likeness (QED) is 0.888. The van der Waals surface area contributed by atoms with Crippen LogP contribution in [0.4, 0.5) is 0 Å². The lowest BCUT2D eigenvalue weighted by Gasteiger charge is -2.35. The predicted octanol–water partition coefficient (Wildman–Crippen LogP) is 3.09. The number of hydrogen-bond acceptors (Lipinski definition) is 4. The van der Waals surface area contributed by atoms with Crippen LogP contribution in [0.15, 0.2) is 42.0 Å². The van der Waals surface area contributed by atoms with E-state index in [4.69, 9.17) is 5.73 Å². The molecule has 0 saturated carbocycles. The maximum Gasteiger partial charge on any atom is 0.0511 e. The van der Waals surface area contributed by atoms with Crippen LogP contribution in [0.3, 0.4) is 0 Å². The highest BCUT2D eigenvalue weighted by atomic mass is 32.1. The molecule has 0 bridgehead atoms. The topological polar surface area (TPSA) is 42.1 Å². The largest absolute Gasteiger partial charge is 0.326 e. The summed E-state index contributed by atoms with van der Waals surface area (Å²) in [5.74, 6) is 0. The second kappa shape index (κ2) is 6.97. The fourth-order valence-corrected chi connectivity index (χ4v) is 3.43. The van der Waals surface area contributed by atoms with Crippen LogP contribution in [-0.2, 0) is 6.42 Å². The molecule has 0 aliphatic heterocycles. The van der Waals surface area contributed by atoms with E-state index in [1.807, 2.05) is 23.6 Å². The molecule has 20 heavy (non-hydrogen) atoms. The number of likely N-dealkylation sites (N-methyl/N-ethyl adjacent to an activating group) is 1. The average Bonchev–Trinajstić information content (AvgIpc) is 2.92. The lowest BCUT2D eigenvalue weighted by Crippen LogP contribution is -2.42. The van der Waals surface area contributed by atoms with Crippen molar-refractivity contribution in [1.82, 2.24) is 9.88 Å². The van der Waals surface area contributed by atoms with E-state index in [2.05, 4.69) is 54.4 Å². The first-order valence-electron chi connectivity index (χ1n) is 6.99. The Morgan fingerprint density at radius 1 is 1.30 bits per heavy atom. The van der Waals surface area contributed by atoms with Gasteiger partial charge in [0.05, 0.1) is 6.04 Å². The highest BCUT2D eigenvalue weighted by Crippen LogP contribution is 2.25. The second-order valence-corrected chi connectivity index (χ2v) is 6.42. The number of nitrogens with zero attached hydrogens (tertiary/aromatic N) is 2. The minimum atomic E-state index is 0.0648. The third kappa shape index (κ3) is 3.66. The van der Waals surface area contributed by atoms with E-state index in [9.17, 15) is 0 Å². The van der Waals surface area contributed by atoms with E-state index in [-0.39, 0.29) is 12.1 Å². The third-order valence-corrected chi connectivity index (χ3v) is 4.63. The van der Waals surface area contributed by atoms with Crippen molar-refractivity contribution in [2.75, 3.05) is 7.05 Å². The molecule has 0 aliphatic rings. The summed E-state index contributed by atoms with van der Waals surface area (Å²) in [5.41, 5.74) is 7.40. The van der Waals surface area contributed by atoms with Crippen LogP contribution in [0.1, 0.15) is 30.3 Å². The Morgan fingerprint density at radius 3 is 2.65 bits per heavy atom. The van der Waals surface area contributed by atoms with Gasteiger partial charge < -0.3 is 5.73 Å². The fourth-order valence-electron chi connectivity index (χ4n) is 2.60. The SMILES string of the molecule is CC(N)C(c1cccnc1)N(C)C(C)Cc1cccs1. The van der Waals surface area contributed by atoms with Crippen LogP contribution >= 0.6 is 11.3 Å². The minimum absolute atomic E-state index is 0.0648. The number of aromatic nitrogens is 1. The van der Waals surface area contributed by atoms with Gasteiger partial charge in [-0.2, -0.15) is 0 Å². The number of nitrogens with two attached hydrogens (primary N) is 1. The molecule has 0 amide bonds. The van der Waals surface area contributed by atoms with Gasteiger partial charge in [-0.25, -0.2) is 0 Å². The Balaban J connectivity index is 2.13. The van der Waals surface area contributed by atoms with Gasteiger partial charge in [0.2, 0.25) is 0 Å². The van der Waals surface area contributed by atoms with Crippen molar-refractivity contribution in [3.05, 3.63) is 52.5 Å². The molecule has 2 N–H and O–H groups in total. The van der Waals surface area contributed by atoms with Crippen molar-refractivity contribution in [3.63, 3.8) is 0 Å². The van der Waals surface area contributed by atoms with Gasteiger partial charge in [0.15, 0.2) is 0 Å². The zero-order valence-corrected chi connectivity index (χ0v) is 13.2. The molecule has 3 nitrogen and oxygen atoms in total. The summed E-state index contributed by atoms with van der Waals surface area (Å²) in [6.45, 7) is 4.32. The van der Waals surface area contributed by atoms with Crippen molar-refractivity contribution < 1.29 is 0 Å². The summed E-state index contributed by atoms with van der Waals surface area (Å²) < 4.78 is 0. The molecule has 0 spiro atoms. The summed E-state index contributed by atoms with van der Waals surface area (Å²) >= 11 is 1.81. The molecule has 2 aromatic rings. The second-order valence-electron chi connectivity index (χ2n) is 5.39. The molecule has 3 atom stereocenters. The molecule has 4 heteroatoms. The summed E-state index contributed by atoms with van der Waals surface area (Å²) in [5, 5.41) is 2.13. The molecule has 0 radical (unpaired) electrons. The van der Waals surface area contributed by atoms with Crippen molar-refractivity contribution in [2.45, 2.75) is 38.4 Å². The maximum absolute atomic E-state index is 6.21. The Kier molecular flexibility index (Phi) is 5.29. The van der Waals surface area contributed by atoms with Crippen molar-refractivity contribution >= 4 is 11.3 Å². The number of rotatable bonds is 6. The van der Waals surface area contributed by atoms with Gasteiger partial charge in [0.1, 0.15) is 0 Å². The summed E-state index contributed by atoms with van der Waals surface area (Å²) in [7, 11) is 2.15. The predicted molar refractivity (Wildman–Crippen MR) is 85.9 cm³/mol. The van der Waals surface area contributed by atoms with Crippen LogP contribution in [0, 0.1) is 0 Å². The molecule has 0 saturated heterocycles. The van der Waals surface area contributed by atoms with Gasteiger partial charge in [-0.05, 0) is 50.4 Å². The molecule has 0 fully saturated rings. The Morgan fingerprint density at radius 2 is 2.10 bits per heavy atom. The van der Waals surface area contributed by atoms with E-state index in [1.165, 1.54) is 10.4 Å². The van der Waals surface area contributed by atoms with E-state index in [0.29, 0.717) is 6.04 Å². The fraction of sp³-hybridized carbons (Fsp3) is 0.438. The Labute approximate surface area is 125 Å². The van der Waals surface area contributed by atoms with Crippen molar-refractivity contribution in [2.24, 2.45) is 5.73 Å². The molecule has 108 valence electrons. The van der Waals surface area contributed by atoms with Gasteiger partial charge >= 0.3 is 0 Å². The van der Waals surface area contributed by atoms with Gasteiger partial charge in [-0.1, -0.05) is 12.1 Å². The van der Waals surface area contributed by atoms with Crippen molar-refractivity contribution in [1.29, 1.82) is 0 Å². The van der Waals surface area contributed by atoms with Gasteiger partial charge in [0.25, 0.3) is 0 Å². The zero-order valence-electron chi connectivity index (χ0n) is 12.4. The summed E-state index contributed by atoms with van der Waals surface area (Å²) in [6.07, 6.45) is 4.77. The molecular weight excluding hydrogens is 266 g/mol. The van der Waals surface area contributed by atoms with Gasteiger partial charge in [-0.3, -0.25) is 9.88 Å². The van der Waals surface area contributed by atoms with Crippen LogP contribution in [0.2, 0.25) is 0 Å². The molecule has 0 aromatic carbocycles. The number of pyridine rings is 1. The highest BCUT2D eigenvalue weighted by Gasteiger charge is 2.25. The van der Waals surface area contributed by atoms with Crippen LogP contribution in [-0.4, -0.2) is 29.0 Å². The molecule has 2 aromatic heterocycles. The normalized spacial score (nSPS) is 16.1. The van der Waals surface area contributed by atoms with Crippen LogP contribution in [0.5, 0.6) is 0 Å². The van der Waals surface area contributed by atoms with E-state index in [1.54, 1.807) is 6.20 Å². The van der Waals surface area contributed by atoms with Crippen LogP contribution in [0.25, 0.3) is 0 Å². The van der Waals surface area contributed by atoms with Gasteiger partial charge in [-0.15, -0.1) is 11.3 Å². The molecule has 2 heterocycles. The highest BCUT2D eigenvalue weighted by molar-refractivity contribution is 7.09. The lowest BCUT2D eigenvalue weighted by molar-refractivity contribution is 0.164. The monoisotopic (exact) mass is 289 g/mol. The first-order valence-corrected chi connectivity index (χ1v) is 7.87. The molecular formula is C16H23N3S. The molecule has 3 unspecified atom stereocenters. The lowest BCUT2D eigenvalue weighted by atomic mass is 9.99. The third-order valence-electron chi connectivity index (χ3n) is 3.73. The molecule has 2 rings (SSSR count). The minimum Gasteiger partial charge on any atom is -0.326 e.